The molecule has 5 heteroatoms. The molecule has 0 atom stereocenters. The van der Waals surface area contributed by atoms with Crippen LogP contribution in [-0.4, -0.2) is 53.7 Å². The lowest BCUT2D eigenvalue weighted by atomic mass is 10.1. The molecule has 1 aliphatic rings. The molecule has 1 aliphatic heterocycles. The fourth-order valence-electron chi connectivity index (χ4n) is 2.71. The average molecular weight is 291 g/mol. The number of carboxylic acid groups (broad SMARTS) is 1. The number of hydrogen-bond acceptors (Lipinski definition) is 4. The van der Waals surface area contributed by atoms with Gasteiger partial charge < -0.3 is 10.0 Å². The highest BCUT2D eigenvalue weighted by Crippen LogP contribution is 2.18. The van der Waals surface area contributed by atoms with E-state index in [1.807, 2.05) is 6.92 Å². The van der Waals surface area contributed by atoms with Crippen LogP contribution in [-0.2, 0) is 6.42 Å². The Kier molecular flexibility index (Phi) is 5.17. The number of rotatable bonds is 5. The molecule has 0 unspecified atom stereocenters. The van der Waals surface area contributed by atoms with Crippen molar-refractivity contribution < 1.29 is 9.90 Å². The Balaban J connectivity index is 2.09. The Morgan fingerprint density at radius 1 is 1.29 bits per heavy atom. The minimum absolute atomic E-state index is 0.335. The minimum Gasteiger partial charge on any atom is -0.478 e. The number of aromatic nitrogens is 1. The lowest BCUT2D eigenvalue weighted by molar-refractivity contribution is 0.0696. The monoisotopic (exact) mass is 291 g/mol. The molecule has 0 amide bonds. The molecule has 0 aliphatic carbocycles. The lowest BCUT2D eigenvalue weighted by Gasteiger charge is -2.36. The van der Waals surface area contributed by atoms with Crippen molar-refractivity contribution in [2.24, 2.45) is 5.92 Å². The van der Waals surface area contributed by atoms with Crippen molar-refractivity contribution in [2.45, 2.75) is 27.2 Å². The lowest BCUT2D eigenvalue weighted by Crippen LogP contribution is -2.47. The number of carboxylic acids is 1. The van der Waals surface area contributed by atoms with Crippen LogP contribution in [0.15, 0.2) is 12.1 Å². The highest BCUT2D eigenvalue weighted by molar-refractivity contribution is 5.88. The second-order valence-corrected chi connectivity index (χ2v) is 6.05. The van der Waals surface area contributed by atoms with Crippen LogP contribution in [0.3, 0.4) is 0 Å². The van der Waals surface area contributed by atoms with Crippen LogP contribution in [0.5, 0.6) is 0 Å². The third-order valence-electron chi connectivity index (χ3n) is 3.79. The Labute approximate surface area is 126 Å². The fraction of sp³-hybridized carbons (Fsp3) is 0.625. The van der Waals surface area contributed by atoms with E-state index in [1.54, 1.807) is 12.1 Å². The smallest absolute Gasteiger partial charge is 0.335 e. The van der Waals surface area contributed by atoms with E-state index in [9.17, 15) is 9.90 Å². The van der Waals surface area contributed by atoms with Crippen LogP contribution >= 0.6 is 0 Å². The molecule has 1 saturated heterocycles. The van der Waals surface area contributed by atoms with E-state index >= 15 is 0 Å². The summed E-state index contributed by atoms with van der Waals surface area (Å²) in [6, 6.07) is 3.36. The largest absolute Gasteiger partial charge is 0.478 e. The van der Waals surface area contributed by atoms with E-state index in [0.717, 1.165) is 50.7 Å². The molecule has 0 aromatic carbocycles. The Morgan fingerprint density at radius 3 is 2.48 bits per heavy atom. The van der Waals surface area contributed by atoms with Crippen molar-refractivity contribution in [1.29, 1.82) is 0 Å². The molecule has 0 bridgehead atoms. The van der Waals surface area contributed by atoms with Crippen LogP contribution in [0.25, 0.3) is 0 Å². The number of piperazine rings is 1. The zero-order chi connectivity index (χ0) is 15.4. The summed E-state index contributed by atoms with van der Waals surface area (Å²) in [6.45, 7) is 11.4. The van der Waals surface area contributed by atoms with Gasteiger partial charge >= 0.3 is 5.97 Å². The number of anilines is 1. The topological polar surface area (TPSA) is 56.7 Å². The summed E-state index contributed by atoms with van der Waals surface area (Å²) >= 11 is 0. The molecule has 1 fully saturated rings. The zero-order valence-corrected chi connectivity index (χ0v) is 13.2. The van der Waals surface area contributed by atoms with Gasteiger partial charge in [-0.05, 0) is 24.5 Å². The molecule has 0 radical (unpaired) electrons. The first-order chi connectivity index (χ1) is 9.99. The first-order valence-electron chi connectivity index (χ1n) is 7.71. The number of carbonyl (C=O) groups is 1. The number of nitrogens with zero attached hydrogens (tertiary/aromatic N) is 3. The molecule has 1 aromatic heterocycles. The predicted octanol–water partition coefficient (Wildman–Crippen LogP) is 2.12. The third kappa shape index (κ3) is 4.17. The Bertz CT molecular complexity index is 494. The minimum atomic E-state index is -0.883. The Morgan fingerprint density at radius 2 is 1.95 bits per heavy atom. The van der Waals surface area contributed by atoms with Crippen LogP contribution < -0.4 is 4.90 Å². The number of aromatic carboxylic acids is 1. The summed E-state index contributed by atoms with van der Waals surface area (Å²) in [5.74, 6) is 0.597. The van der Waals surface area contributed by atoms with Crippen molar-refractivity contribution in [3.05, 3.63) is 23.4 Å². The third-order valence-corrected chi connectivity index (χ3v) is 3.79. The van der Waals surface area contributed by atoms with Gasteiger partial charge in [0.25, 0.3) is 0 Å². The van der Waals surface area contributed by atoms with E-state index in [1.165, 1.54) is 0 Å². The van der Waals surface area contributed by atoms with Gasteiger partial charge in [0.2, 0.25) is 0 Å². The summed E-state index contributed by atoms with van der Waals surface area (Å²) in [6.07, 6.45) is 0.751. The van der Waals surface area contributed by atoms with Crippen LogP contribution in [0.1, 0.15) is 36.8 Å². The summed E-state index contributed by atoms with van der Waals surface area (Å²) in [5, 5.41) is 9.21. The predicted molar refractivity (Wildman–Crippen MR) is 84.1 cm³/mol. The van der Waals surface area contributed by atoms with E-state index in [0.29, 0.717) is 11.5 Å². The highest BCUT2D eigenvalue weighted by Gasteiger charge is 2.20. The van der Waals surface area contributed by atoms with Crippen LogP contribution in [0.4, 0.5) is 5.82 Å². The van der Waals surface area contributed by atoms with Gasteiger partial charge in [-0.15, -0.1) is 0 Å². The summed E-state index contributed by atoms with van der Waals surface area (Å²) in [5.41, 5.74) is 1.18. The molecule has 2 rings (SSSR count). The van der Waals surface area contributed by atoms with Gasteiger partial charge in [-0.2, -0.15) is 0 Å². The molecule has 116 valence electrons. The zero-order valence-electron chi connectivity index (χ0n) is 13.2. The van der Waals surface area contributed by atoms with Crippen molar-refractivity contribution >= 4 is 11.8 Å². The molecule has 1 N–H and O–H groups in total. The molecule has 21 heavy (non-hydrogen) atoms. The summed E-state index contributed by atoms with van der Waals surface area (Å²) < 4.78 is 0. The number of aryl methyl sites for hydroxylation is 1. The van der Waals surface area contributed by atoms with Gasteiger partial charge in [0, 0.05) is 38.4 Å². The molecule has 5 nitrogen and oxygen atoms in total. The van der Waals surface area contributed by atoms with Crippen molar-refractivity contribution in [3.63, 3.8) is 0 Å². The normalized spacial score (nSPS) is 16.5. The van der Waals surface area contributed by atoms with Gasteiger partial charge in [-0.1, -0.05) is 20.8 Å². The maximum Gasteiger partial charge on any atom is 0.335 e. The van der Waals surface area contributed by atoms with Crippen LogP contribution in [0.2, 0.25) is 0 Å². The molecular formula is C16H25N3O2. The molecular weight excluding hydrogens is 266 g/mol. The summed E-state index contributed by atoms with van der Waals surface area (Å²) in [4.78, 5) is 20.5. The van der Waals surface area contributed by atoms with E-state index < -0.39 is 5.97 Å². The van der Waals surface area contributed by atoms with Crippen LogP contribution in [0, 0.1) is 5.92 Å². The average Bonchev–Trinajstić information content (AvgIpc) is 2.46. The van der Waals surface area contributed by atoms with Gasteiger partial charge in [0.05, 0.1) is 5.56 Å². The summed E-state index contributed by atoms with van der Waals surface area (Å²) in [7, 11) is 0. The number of pyridine rings is 1. The van der Waals surface area contributed by atoms with Gasteiger partial charge in [0.1, 0.15) is 5.82 Å². The first kappa shape index (κ1) is 15.8. The van der Waals surface area contributed by atoms with Gasteiger partial charge in [0.15, 0.2) is 0 Å². The first-order valence-corrected chi connectivity index (χ1v) is 7.71. The Hall–Kier alpha value is -1.62. The maximum absolute atomic E-state index is 11.2. The van der Waals surface area contributed by atoms with Crippen molar-refractivity contribution in [1.82, 2.24) is 9.88 Å². The quantitative estimate of drug-likeness (QED) is 0.900. The number of hydrogen-bond donors (Lipinski definition) is 1. The fourth-order valence-corrected chi connectivity index (χ4v) is 2.71. The maximum atomic E-state index is 11.2. The molecule has 0 saturated carbocycles. The SMILES string of the molecule is CCc1cc(C(=O)O)cc(N2CCN(CC(C)C)CC2)n1. The highest BCUT2D eigenvalue weighted by atomic mass is 16.4. The van der Waals surface area contributed by atoms with Crippen molar-refractivity contribution in [3.8, 4) is 0 Å². The second-order valence-electron chi connectivity index (χ2n) is 6.05. The van der Waals surface area contributed by atoms with Gasteiger partial charge in [-0.3, -0.25) is 4.90 Å². The standard InChI is InChI=1S/C16H25N3O2/c1-4-14-9-13(16(20)21)10-15(17-14)19-7-5-18(6-8-19)11-12(2)3/h9-10,12H,4-8,11H2,1-3H3,(H,20,21). The van der Waals surface area contributed by atoms with E-state index in [-0.39, 0.29) is 0 Å². The van der Waals surface area contributed by atoms with E-state index in [2.05, 4.69) is 28.6 Å². The van der Waals surface area contributed by atoms with E-state index in [4.69, 9.17) is 0 Å². The molecule has 0 spiro atoms. The van der Waals surface area contributed by atoms with Crippen molar-refractivity contribution in [2.75, 3.05) is 37.6 Å². The van der Waals surface area contributed by atoms with Gasteiger partial charge in [-0.25, -0.2) is 9.78 Å². The molecule has 1 aromatic rings. The molecule has 2 heterocycles. The second kappa shape index (κ2) is 6.89.